The number of amides is 1. The van der Waals surface area contributed by atoms with Crippen molar-refractivity contribution in [1.82, 2.24) is 20.2 Å². The lowest BCUT2D eigenvalue weighted by molar-refractivity contribution is -0.125. The van der Waals surface area contributed by atoms with Crippen molar-refractivity contribution in [2.24, 2.45) is 5.92 Å². The first-order valence-corrected chi connectivity index (χ1v) is 8.84. The minimum atomic E-state index is 0.0256. The maximum atomic E-state index is 12.5. The van der Waals surface area contributed by atoms with Gasteiger partial charge in [-0.1, -0.05) is 0 Å². The van der Waals surface area contributed by atoms with Gasteiger partial charge in [-0.3, -0.25) is 14.7 Å². The fourth-order valence-corrected chi connectivity index (χ4v) is 3.39. The summed E-state index contributed by atoms with van der Waals surface area (Å²) in [5.41, 5.74) is 0. The summed E-state index contributed by atoms with van der Waals surface area (Å²) in [6.45, 7) is 7.98. The lowest BCUT2D eigenvalue weighted by Crippen LogP contribution is -2.49. The molecule has 0 unspecified atom stereocenters. The van der Waals surface area contributed by atoms with E-state index in [1.165, 1.54) is 0 Å². The highest BCUT2D eigenvalue weighted by Gasteiger charge is 2.27. The van der Waals surface area contributed by atoms with Crippen LogP contribution in [0.1, 0.15) is 19.8 Å². The van der Waals surface area contributed by atoms with Crippen LogP contribution < -0.4 is 10.2 Å². The number of hydrogen-bond acceptors (Lipinski definition) is 6. The summed E-state index contributed by atoms with van der Waals surface area (Å²) in [6.07, 6.45) is 7.08. The molecule has 2 aliphatic heterocycles. The Labute approximate surface area is 143 Å². The van der Waals surface area contributed by atoms with Crippen LogP contribution in [0, 0.1) is 5.92 Å². The molecule has 0 spiro atoms. The second-order valence-corrected chi connectivity index (χ2v) is 6.59. The lowest BCUT2D eigenvalue weighted by atomic mass is 9.97. The van der Waals surface area contributed by atoms with E-state index in [0.29, 0.717) is 12.6 Å². The molecule has 2 aliphatic rings. The average Bonchev–Trinajstić information content (AvgIpc) is 2.67. The Morgan fingerprint density at radius 3 is 2.96 bits per heavy atom. The van der Waals surface area contributed by atoms with Crippen molar-refractivity contribution >= 4 is 11.7 Å². The van der Waals surface area contributed by atoms with Gasteiger partial charge in [-0.15, -0.1) is 0 Å². The van der Waals surface area contributed by atoms with Crippen LogP contribution in [-0.4, -0.2) is 72.8 Å². The Balaban J connectivity index is 1.47. The topological polar surface area (TPSA) is 70.6 Å². The van der Waals surface area contributed by atoms with E-state index in [4.69, 9.17) is 4.74 Å². The summed E-state index contributed by atoms with van der Waals surface area (Å²) in [4.78, 5) is 25.5. The molecule has 2 atom stereocenters. The molecule has 132 valence electrons. The number of nitrogens with one attached hydrogen (secondary N) is 1. The molecule has 7 heteroatoms. The number of carbonyl (C=O) groups excluding carboxylic acids is 1. The van der Waals surface area contributed by atoms with Gasteiger partial charge in [-0.25, -0.2) is 4.98 Å². The molecule has 0 aromatic carbocycles. The Morgan fingerprint density at radius 1 is 1.38 bits per heavy atom. The summed E-state index contributed by atoms with van der Waals surface area (Å²) in [6, 6.07) is 0.345. The van der Waals surface area contributed by atoms with Gasteiger partial charge in [-0.2, -0.15) is 0 Å². The maximum absolute atomic E-state index is 12.5. The van der Waals surface area contributed by atoms with Crippen molar-refractivity contribution in [3.8, 4) is 0 Å². The Morgan fingerprint density at radius 2 is 2.21 bits per heavy atom. The maximum Gasteiger partial charge on any atom is 0.224 e. The van der Waals surface area contributed by atoms with Gasteiger partial charge in [0.05, 0.1) is 25.3 Å². The molecule has 2 saturated heterocycles. The average molecular weight is 333 g/mol. The fourth-order valence-electron chi connectivity index (χ4n) is 3.39. The largest absolute Gasteiger partial charge is 0.379 e. The van der Waals surface area contributed by atoms with Crippen molar-refractivity contribution in [3.63, 3.8) is 0 Å². The standard InChI is InChI=1S/C17H27N5O2/c1-14(21-7-9-24-10-8-21)11-20-17(23)15-3-2-6-22(13-15)16-12-18-4-5-19-16/h4-5,12,14-15H,2-3,6-11,13H2,1H3,(H,20,23)/t14-,15-/m1/s1. The number of piperidine rings is 1. The van der Waals surface area contributed by atoms with E-state index < -0.39 is 0 Å². The Bertz CT molecular complexity index is 521. The van der Waals surface area contributed by atoms with E-state index in [2.05, 4.69) is 32.0 Å². The number of rotatable bonds is 5. The second-order valence-electron chi connectivity index (χ2n) is 6.59. The molecule has 0 radical (unpaired) electrons. The van der Waals surface area contributed by atoms with Crippen molar-refractivity contribution in [2.45, 2.75) is 25.8 Å². The van der Waals surface area contributed by atoms with Crippen LogP contribution in [0.25, 0.3) is 0 Å². The van der Waals surface area contributed by atoms with Crippen LogP contribution in [0.2, 0.25) is 0 Å². The van der Waals surface area contributed by atoms with Crippen LogP contribution in [0.3, 0.4) is 0 Å². The van der Waals surface area contributed by atoms with Crippen molar-refractivity contribution in [1.29, 1.82) is 0 Å². The third-order valence-corrected chi connectivity index (χ3v) is 4.91. The van der Waals surface area contributed by atoms with Gasteiger partial charge >= 0.3 is 0 Å². The van der Waals surface area contributed by atoms with E-state index in [-0.39, 0.29) is 11.8 Å². The summed E-state index contributed by atoms with van der Waals surface area (Å²) < 4.78 is 5.38. The molecule has 1 N–H and O–H groups in total. The second kappa shape index (κ2) is 8.39. The highest BCUT2D eigenvalue weighted by atomic mass is 16.5. The molecular weight excluding hydrogens is 306 g/mol. The van der Waals surface area contributed by atoms with Gasteiger partial charge in [0.15, 0.2) is 0 Å². The predicted molar refractivity (Wildman–Crippen MR) is 91.8 cm³/mol. The van der Waals surface area contributed by atoms with Gasteiger partial charge in [0.1, 0.15) is 5.82 Å². The molecule has 0 aliphatic carbocycles. The molecule has 0 saturated carbocycles. The molecule has 24 heavy (non-hydrogen) atoms. The molecule has 7 nitrogen and oxygen atoms in total. The van der Waals surface area contributed by atoms with E-state index in [1.807, 2.05) is 0 Å². The molecule has 0 bridgehead atoms. The monoisotopic (exact) mass is 333 g/mol. The number of morpholine rings is 1. The van der Waals surface area contributed by atoms with Crippen LogP contribution in [0.15, 0.2) is 18.6 Å². The zero-order valence-electron chi connectivity index (χ0n) is 14.4. The van der Waals surface area contributed by atoms with E-state index >= 15 is 0 Å². The smallest absolute Gasteiger partial charge is 0.224 e. The van der Waals surface area contributed by atoms with Crippen LogP contribution in [0.4, 0.5) is 5.82 Å². The number of carbonyl (C=O) groups is 1. The summed E-state index contributed by atoms with van der Waals surface area (Å²) in [5, 5.41) is 3.14. The van der Waals surface area contributed by atoms with Gasteiger partial charge in [0, 0.05) is 51.2 Å². The van der Waals surface area contributed by atoms with Crippen molar-refractivity contribution in [3.05, 3.63) is 18.6 Å². The molecule has 1 amide bonds. The molecular formula is C17H27N5O2. The quantitative estimate of drug-likeness (QED) is 0.848. The Hall–Kier alpha value is -1.73. The number of anilines is 1. The molecule has 3 heterocycles. The highest BCUT2D eigenvalue weighted by molar-refractivity contribution is 5.79. The van der Waals surface area contributed by atoms with Crippen molar-refractivity contribution < 1.29 is 9.53 Å². The van der Waals surface area contributed by atoms with Crippen LogP contribution in [-0.2, 0) is 9.53 Å². The number of aromatic nitrogens is 2. The van der Waals surface area contributed by atoms with Gasteiger partial charge in [0.2, 0.25) is 5.91 Å². The van der Waals surface area contributed by atoms with E-state index in [9.17, 15) is 4.79 Å². The van der Waals surface area contributed by atoms with Crippen molar-refractivity contribution in [2.75, 3.05) is 50.8 Å². The summed E-state index contributed by atoms with van der Waals surface area (Å²) in [7, 11) is 0. The first-order chi connectivity index (χ1) is 11.7. The molecule has 2 fully saturated rings. The zero-order valence-corrected chi connectivity index (χ0v) is 14.4. The van der Waals surface area contributed by atoms with Gasteiger partial charge in [0.25, 0.3) is 0 Å². The van der Waals surface area contributed by atoms with E-state index in [0.717, 1.165) is 58.1 Å². The third-order valence-electron chi connectivity index (χ3n) is 4.91. The Kier molecular flexibility index (Phi) is 5.98. The first kappa shape index (κ1) is 17.1. The minimum absolute atomic E-state index is 0.0256. The molecule has 1 aromatic heterocycles. The first-order valence-electron chi connectivity index (χ1n) is 8.84. The van der Waals surface area contributed by atoms with Gasteiger partial charge in [-0.05, 0) is 19.8 Å². The SMILES string of the molecule is C[C@H](CNC(=O)[C@@H]1CCCN(c2cnccn2)C1)N1CCOCC1. The molecule has 3 rings (SSSR count). The predicted octanol–water partition coefficient (Wildman–Crippen LogP) is 0.530. The van der Waals surface area contributed by atoms with E-state index in [1.54, 1.807) is 18.6 Å². The number of ether oxygens (including phenoxy) is 1. The fraction of sp³-hybridized carbons (Fsp3) is 0.706. The number of nitrogens with zero attached hydrogens (tertiary/aromatic N) is 4. The van der Waals surface area contributed by atoms with Gasteiger partial charge < -0.3 is 15.0 Å². The highest BCUT2D eigenvalue weighted by Crippen LogP contribution is 2.21. The number of hydrogen-bond donors (Lipinski definition) is 1. The normalized spacial score (nSPS) is 23.7. The summed E-state index contributed by atoms with van der Waals surface area (Å²) >= 11 is 0. The minimum Gasteiger partial charge on any atom is -0.379 e. The third kappa shape index (κ3) is 4.42. The zero-order chi connectivity index (χ0) is 16.8. The molecule has 1 aromatic rings. The van der Waals surface area contributed by atoms with Crippen LogP contribution >= 0.6 is 0 Å². The lowest BCUT2D eigenvalue weighted by Gasteiger charge is -2.34. The summed E-state index contributed by atoms with van der Waals surface area (Å²) in [5.74, 6) is 1.04. The van der Waals surface area contributed by atoms with Crippen LogP contribution in [0.5, 0.6) is 0 Å².